The number of nitrogens with one attached hydrogen (secondary N) is 3. The van der Waals surface area contributed by atoms with Crippen molar-refractivity contribution in [2.45, 2.75) is 18.2 Å². The highest BCUT2D eigenvalue weighted by Gasteiger charge is 2.17. The standard InChI is InChI=1S/C23H20Cl2N4O4S/c1-3-21(30)29-34(2,33)17-8-4-14(5-9-17)22(31)27-19-10-6-15(24)12-18(19)23(32)28-20-11-7-16(25)13-26-20/h4-13H,2-3H2,1H3,(H,27,31)(H,26,28,32)(H,29,30,33). The molecule has 2 aromatic carbocycles. The second-order valence-corrected chi connectivity index (χ2v) is 9.94. The minimum atomic E-state index is -3.04. The molecule has 176 valence electrons. The van der Waals surface area contributed by atoms with Gasteiger partial charge in [0.2, 0.25) is 5.91 Å². The molecule has 11 heteroatoms. The van der Waals surface area contributed by atoms with E-state index >= 15 is 0 Å². The molecule has 0 aliphatic rings. The Morgan fingerprint density at radius 3 is 2.24 bits per heavy atom. The maximum absolute atomic E-state index is 12.8. The smallest absolute Gasteiger partial charge is 0.258 e. The Labute approximate surface area is 206 Å². The molecule has 3 N–H and O–H groups in total. The first-order valence-electron chi connectivity index (χ1n) is 9.91. The van der Waals surface area contributed by atoms with Crippen LogP contribution >= 0.6 is 23.2 Å². The van der Waals surface area contributed by atoms with E-state index in [1.54, 1.807) is 13.0 Å². The van der Waals surface area contributed by atoms with Crippen LogP contribution in [0.4, 0.5) is 11.5 Å². The number of amides is 3. The first-order valence-corrected chi connectivity index (χ1v) is 12.4. The Morgan fingerprint density at radius 1 is 0.941 bits per heavy atom. The lowest BCUT2D eigenvalue weighted by Crippen LogP contribution is -2.29. The zero-order chi connectivity index (χ0) is 24.9. The van der Waals surface area contributed by atoms with Gasteiger partial charge in [-0.2, -0.15) is 0 Å². The molecule has 1 unspecified atom stereocenters. The molecule has 0 spiro atoms. The fraction of sp³-hybridized carbons (Fsp3) is 0.0870. The number of aromatic nitrogens is 1. The van der Waals surface area contributed by atoms with E-state index in [1.807, 2.05) is 0 Å². The topological polar surface area (TPSA) is 117 Å². The van der Waals surface area contributed by atoms with Crippen LogP contribution in [0.3, 0.4) is 0 Å². The van der Waals surface area contributed by atoms with Crippen LogP contribution in [0, 0.1) is 0 Å². The van der Waals surface area contributed by atoms with Crippen molar-refractivity contribution in [2.75, 3.05) is 10.6 Å². The number of carbonyl (C=O) groups excluding carboxylic acids is 3. The lowest BCUT2D eigenvalue weighted by atomic mass is 10.1. The van der Waals surface area contributed by atoms with Crippen molar-refractivity contribution < 1.29 is 18.6 Å². The number of hydrogen-bond acceptors (Lipinski definition) is 5. The number of anilines is 2. The summed E-state index contributed by atoms with van der Waals surface area (Å²) in [6.45, 7) is 1.63. The molecule has 1 atom stereocenters. The SMILES string of the molecule is C=S(=O)(NC(=O)CC)c1ccc(C(=O)Nc2ccc(Cl)cc2C(=O)Nc2ccc(Cl)cn2)cc1. The third-order valence-electron chi connectivity index (χ3n) is 4.54. The molecule has 8 nitrogen and oxygen atoms in total. The van der Waals surface area contributed by atoms with Crippen LogP contribution in [-0.2, 0) is 14.5 Å². The van der Waals surface area contributed by atoms with Gasteiger partial charge in [0.1, 0.15) is 5.82 Å². The van der Waals surface area contributed by atoms with Gasteiger partial charge in [-0.15, -0.1) is 0 Å². The lowest BCUT2D eigenvalue weighted by Gasteiger charge is -2.13. The average Bonchev–Trinajstić information content (AvgIpc) is 2.81. The minimum absolute atomic E-state index is 0.122. The summed E-state index contributed by atoms with van der Waals surface area (Å²) < 4.78 is 15.0. The summed E-state index contributed by atoms with van der Waals surface area (Å²) in [5.41, 5.74) is 0.583. The van der Waals surface area contributed by atoms with Crippen molar-refractivity contribution in [3.05, 3.63) is 82.0 Å². The van der Waals surface area contributed by atoms with E-state index in [0.29, 0.717) is 10.0 Å². The largest absolute Gasteiger partial charge is 0.321 e. The predicted octanol–water partition coefficient (Wildman–Crippen LogP) is 4.41. The molecule has 1 heterocycles. The van der Waals surface area contributed by atoms with E-state index in [1.165, 1.54) is 54.7 Å². The fourth-order valence-corrected chi connectivity index (χ4v) is 4.27. The van der Waals surface area contributed by atoms with Crippen molar-refractivity contribution in [1.29, 1.82) is 0 Å². The highest BCUT2D eigenvalue weighted by Crippen LogP contribution is 2.23. The Hall–Kier alpha value is -3.40. The molecule has 3 amide bonds. The number of hydrogen-bond donors (Lipinski definition) is 3. The van der Waals surface area contributed by atoms with Gasteiger partial charge in [-0.05, 0) is 60.5 Å². The molecule has 0 saturated carbocycles. The quantitative estimate of drug-likeness (QED) is 0.400. The molecule has 0 aliphatic carbocycles. The van der Waals surface area contributed by atoms with Crippen molar-refractivity contribution >= 4 is 68.0 Å². The van der Waals surface area contributed by atoms with Gasteiger partial charge in [0.15, 0.2) is 0 Å². The molecule has 0 radical (unpaired) electrons. The highest BCUT2D eigenvalue weighted by molar-refractivity contribution is 7.99. The second kappa shape index (κ2) is 10.7. The maximum atomic E-state index is 12.8. The summed E-state index contributed by atoms with van der Waals surface area (Å²) in [4.78, 5) is 41.4. The van der Waals surface area contributed by atoms with Crippen LogP contribution in [0.25, 0.3) is 0 Å². The van der Waals surface area contributed by atoms with Gasteiger partial charge in [-0.3, -0.25) is 19.1 Å². The summed E-state index contributed by atoms with van der Waals surface area (Å²) in [5.74, 6) is 2.40. The molecular formula is C23H20Cl2N4O4S. The van der Waals surface area contributed by atoms with Crippen LogP contribution in [0.2, 0.25) is 10.0 Å². The third kappa shape index (κ3) is 6.34. The van der Waals surface area contributed by atoms with Gasteiger partial charge < -0.3 is 10.6 Å². The van der Waals surface area contributed by atoms with Crippen molar-refractivity contribution in [2.24, 2.45) is 0 Å². The molecule has 0 fully saturated rings. The zero-order valence-electron chi connectivity index (χ0n) is 17.9. The number of benzene rings is 2. The van der Waals surface area contributed by atoms with E-state index in [9.17, 15) is 18.6 Å². The van der Waals surface area contributed by atoms with E-state index in [-0.39, 0.29) is 33.9 Å². The van der Waals surface area contributed by atoms with Gasteiger partial charge in [-0.25, -0.2) is 9.19 Å². The van der Waals surface area contributed by atoms with Gasteiger partial charge >= 0.3 is 0 Å². The third-order valence-corrected chi connectivity index (χ3v) is 6.59. The fourth-order valence-electron chi connectivity index (χ4n) is 2.78. The molecule has 3 aromatic rings. The van der Waals surface area contributed by atoms with Crippen molar-refractivity contribution in [3.63, 3.8) is 0 Å². The monoisotopic (exact) mass is 518 g/mol. The minimum Gasteiger partial charge on any atom is -0.321 e. The molecule has 0 bridgehead atoms. The summed E-state index contributed by atoms with van der Waals surface area (Å²) >= 11 is 11.9. The number of rotatable bonds is 7. The molecule has 34 heavy (non-hydrogen) atoms. The van der Waals surface area contributed by atoms with Gasteiger partial charge in [0.05, 0.1) is 26.0 Å². The van der Waals surface area contributed by atoms with Crippen molar-refractivity contribution in [3.8, 4) is 0 Å². The van der Waals surface area contributed by atoms with Crippen LogP contribution in [-0.4, -0.2) is 32.8 Å². The van der Waals surface area contributed by atoms with Crippen molar-refractivity contribution in [1.82, 2.24) is 9.71 Å². The summed E-state index contributed by atoms with van der Waals surface area (Å²) in [7, 11) is -3.04. The van der Waals surface area contributed by atoms with E-state index in [4.69, 9.17) is 23.2 Å². The Balaban J connectivity index is 1.79. The Morgan fingerprint density at radius 2 is 1.62 bits per heavy atom. The maximum Gasteiger partial charge on any atom is 0.258 e. The van der Waals surface area contributed by atoms with Gasteiger partial charge in [0, 0.05) is 28.1 Å². The number of carbonyl (C=O) groups is 3. The molecule has 0 aliphatic heterocycles. The van der Waals surface area contributed by atoms with E-state index < -0.39 is 27.4 Å². The van der Waals surface area contributed by atoms with Crippen LogP contribution in [0.5, 0.6) is 0 Å². The molecule has 0 saturated heterocycles. The van der Waals surface area contributed by atoms with Crippen LogP contribution in [0.15, 0.2) is 65.7 Å². The first kappa shape index (κ1) is 25.2. The Bertz CT molecular complexity index is 1340. The van der Waals surface area contributed by atoms with Crippen LogP contribution < -0.4 is 15.4 Å². The normalized spacial score (nSPS) is 12.3. The molecular weight excluding hydrogens is 499 g/mol. The summed E-state index contributed by atoms with van der Waals surface area (Å²) in [5, 5.41) is 6.01. The number of halogens is 2. The summed E-state index contributed by atoms with van der Waals surface area (Å²) in [6.07, 6.45) is 1.55. The summed E-state index contributed by atoms with van der Waals surface area (Å²) in [6, 6.07) is 13.3. The number of nitrogens with zero attached hydrogens (tertiary/aromatic N) is 1. The predicted molar refractivity (Wildman–Crippen MR) is 135 cm³/mol. The lowest BCUT2D eigenvalue weighted by molar-refractivity contribution is -0.118. The van der Waals surface area contributed by atoms with E-state index in [2.05, 4.69) is 26.2 Å². The zero-order valence-corrected chi connectivity index (χ0v) is 20.3. The Kier molecular flexibility index (Phi) is 7.93. The van der Waals surface area contributed by atoms with Crippen LogP contribution in [0.1, 0.15) is 34.1 Å². The number of pyridine rings is 1. The molecule has 3 rings (SSSR count). The average molecular weight is 519 g/mol. The first-order chi connectivity index (χ1) is 16.1. The second-order valence-electron chi connectivity index (χ2n) is 7.04. The van der Waals surface area contributed by atoms with Gasteiger partial charge in [-0.1, -0.05) is 30.1 Å². The molecule has 1 aromatic heterocycles. The highest BCUT2D eigenvalue weighted by atomic mass is 35.5. The van der Waals surface area contributed by atoms with E-state index in [0.717, 1.165) is 0 Å². The van der Waals surface area contributed by atoms with Gasteiger partial charge in [0.25, 0.3) is 11.8 Å².